The Balaban J connectivity index is 2.63. The van der Waals surface area contributed by atoms with Crippen molar-refractivity contribution in [3.05, 3.63) is 35.4 Å². The lowest BCUT2D eigenvalue weighted by Crippen LogP contribution is -1.91. The Morgan fingerprint density at radius 1 is 0.700 bits per heavy atom. The number of hydrogen-bond acceptors (Lipinski definition) is 4. The maximum absolute atomic E-state index is 9.92. The third kappa shape index (κ3) is 2.37. The second-order valence-electron chi connectivity index (χ2n) is 4.69. The van der Waals surface area contributed by atoms with E-state index in [9.17, 15) is 10.2 Å². The molecule has 0 aliphatic carbocycles. The predicted octanol–water partition coefficient (Wildman–Crippen LogP) is 3.40. The fourth-order valence-corrected chi connectivity index (χ4v) is 2.18. The molecule has 0 atom stereocenters. The van der Waals surface area contributed by atoms with Crippen molar-refractivity contribution in [3.63, 3.8) is 0 Å². The summed E-state index contributed by atoms with van der Waals surface area (Å²) in [5, 5.41) is 19.8. The van der Waals surface area contributed by atoms with E-state index >= 15 is 0 Å². The van der Waals surface area contributed by atoms with Gasteiger partial charge in [-0.15, -0.1) is 0 Å². The average molecular weight is 274 g/mol. The Bertz CT molecular complexity index is 599. The van der Waals surface area contributed by atoms with Crippen LogP contribution in [0.4, 0.5) is 0 Å². The zero-order valence-corrected chi connectivity index (χ0v) is 12.0. The zero-order chi connectivity index (χ0) is 14.9. The van der Waals surface area contributed by atoms with Gasteiger partial charge in [0.2, 0.25) is 5.75 Å². The lowest BCUT2D eigenvalue weighted by Gasteiger charge is -2.13. The largest absolute Gasteiger partial charge is 0.507 e. The molecule has 2 rings (SSSR count). The van der Waals surface area contributed by atoms with E-state index in [1.54, 1.807) is 12.1 Å². The molecule has 0 aliphatic rings. The van der Waals surface area contributed by atoms with Crippen LogP contribution >= 0.6 is 0 Å². The van der Waals surface area contributed by atoms with E-state index in [0.29, 0.717) is 17.2 Å². The SMILES string of the molecule is COc1cc(-c2cc(C)c(O)c(C)c2)cc(OC)c1O. The molecule has 0 saturated heterocycles. The summed E-state index contributed by atoms with van der Waals surface area (Å²) in [7, 11) is 2.98. The Labute approximate surface area is 118 Å². The molecule has 2 aromatic carbocycles. The highest BCUT2D eigenvalue weighted by molar-refractivity contribution is 5.72. The van der Waals surface area contributed by atoms with Gasteiger partial charge in [-0.05, 0) is 60.4 Å². The number of hydrogen-bond donors (Lipinski definition) is 2. The molecule has 4 heteroatoms. The summed E-state index contributed by atoms with van der Waals surface area (Å²) in [6.07, 6.45) is 0. The molecule has 0 heterocycles. The van der Waals surface area contributed by atoms with E-state index in [1.807, 2.05) is 26.0 Å². The topological polar surface area (TPSA) is 58.9 Å². The first-order chi connectivity index (χ1) is 9.47. The molecule has 0 saturated carbocycles. The van der Waals surface area contributed by atoms with Gasteiger partial charge in [-0.25, -0.2) is 0 Å². The van der Waals surface area contributed by atoms with Crippen molar-refractivity contribution < 1.29 is 19.7 Å². The van der Waals surface area contributed by atoms with Crippen LogP contribution in [-0.4, -0.2) is 24.4 Å². The Hall–Kier alpha value is -2.36. The minimum Gasteiger partial charge on any atom is -0.507 e. The smallest absolute Gasteiger partial charge is 0.200 e. The third-order valence-electron chi connectivity index (χ3n) is 3.30. The summed E-state index contributed by atoms with van der Waals surface area (Å²) < 4.78 is 10.3. The van der Waals surface area contributed by atoms with Gasteiger partial charge >= 0.3 is 0 Å². The first kappa shape index (κ1) is 14.1. The van der Waals surface area contributed by atoms with Crippen LogP contribution in [0.5, 0.6) is 23.0 Å². The van der Waals surface area contributed by atoms with Crippen LogP contribution < -0.4 is 9.47 Å². The van der Waals surface area contributed by atoms with E-state index < -0.39 is 0 Å². The standard InChI is InChI=1S/C16H18O4/c1-9-5-11(6-10(2)15(9)17)12-7-13(19-3)16(18)14(8-12)20-4/h5-8,17-18H,1-4H3. The van der Waals surface area contributed by atoms with E-state index in [1.165, 1.54) is 14.2 Å². The van der Waals surface area contributed by atoms with Crippen LogP contribution in [0.3, 0.4) is 0 Å². The fraction of sp³-hybridized carbons (Fsp3) is 0.250. The molecule has 0 fully saturated rings. The molecule has 0 amide bonds. The molecule has 2 aromatic rings. The number of ether oxygens (including phenoxy) is 2. The van der Waals surface area contributed by atoms with Crippen molar-refractivity contribution >= 4 is 0 Å². The van der Waals surface area contributed by atoms with Gasteiger partial charge in [-0.2, -0.15) is 0 Å². The van der Waals surface area contributed by atoms with Crippen molar-refractivity contribution in [3.8, 4) is 34.1 Å². The van der Waals surface area contributed by atoms with E-state index in [0.717, 1.165) is 22.3 Å². The van der Waals surface area contributed by atoms with Gasteiger partial charge in [0.25, 0.3) is 0 Å². The highest BCUT2D eigenvalue weighted by Crippen LogP contribution is 2.41. The van der Waals surface area contributed by atoms with Crippen LogP contribution in [0.2, 0.25) is 0 Å². The minimum absolute atomic E-state index is 0.0222. The van der Waals surface area contributed by atoms with Crippen LogP contribution in [0.1, 0.15) is 11.1 Å². The molecule has 0 spiro atoms. The molecule has 2 N–H and O–H groups in total. The molecule has 0 unspecified atom stereocenters. The van der Waals surface area contributed by atoms with Gasteiger partial charge in [0.1, 0.15) is 5.75 Å². The number of methoxy groups -OCH3 is 2. The molecular formula is C16H18O4. The van der Waals surface area contributed by atoms with Gasteiger partial charge in [-0.1, -0.05) is 0 Å². The quantitative estimate of drug-likeness (QED) is 0.900. The van der Waals surface area contributed by atoms with Crippen molar-refractivity contribution in [2.45, 2.75) is 13.8 Å². The van der Waals surface area contributed by atoms with Crippen molar-refractivity contribution in [2.75, 3.05) is 14.2 Å². The van der Waals surface area contributed by atoms with Crippen molar-refractivity contribution in [1.82, 2.24) is 0 Å². The number of benzene rings is 2. The van der Waals surface area contributed by atoms with E-state index in [2.05, 4.69) is 0 Å². The minimum atomic E-state index is -0.0222. The maximum atomic E-state index is 9.92. The first-order valence-corrected chi connectivity index (χ1v) is 6.23. The molecule has 0 aromatic heterocycles. The molecule has 20 heavy (non-hydrogen) atoms. The summed E-state index contributed by atoms with van der Waals surface area (Å²) in [5.74, 6) is 0.975. The van der Waals surface area contributed by atoms with Crippen molar-refractivity contribution in [1.29, 1.82) is 0 Å². The number of phenolic OH excluding ortho intramolecular Hbond substituents is 2. The van der Waals surface area contributed by atoms with Crippen LogP contribution in [-0.2, 0) is 0 Å². The summed E-state index contributed by atoms with van der Waals surface area (Å²) in [5.41, 5.74) is 3.37. The summed E-state index contributed by atoms with van der Waals surface area (Å²) >= 11 is 0. The number of phenols is 2. The van der Waals surface area contributed by atoms with Gasteiger partial charge in [-0.3, -0.25) is 0 Å². The molecular weight excluding hydrogens is 256 g/mol. The van der Waals surface area contributed by atoms with Crippen LogP contribution in [0.15, 0.2) is 24.3 Å². The van der Waals surface area contributed by atoms with E-state index in [-0.39, 0.29) is 5.75 Å². The number of aromatic hydroxyl groups is 2. The Morgan fingerprint density at radius 2 is 1.10 bits per heavy atom. The van der Waals surface area contributed by atoms with Crippen LogP contribution in [0.25, 0.3) is 11.1 Å². The number of rotatable bonds is 3. The lowest BCUT2D eigenvalue weighted by molar-refractivity contribution is 0.340. The Kier molecular flexibility index (Phi) is 3.74. The predicted molar refractivity (Wildman–Crippen MR) is 77.8 cm³/mol. The zero-order valence-electron chi connectivity index (χ0n) is 12.0. The second kappa shape index (κ2) is 5.33. The maximum Gasteiger partial charge on any atom is 0.200 e. The van der Waals surface area contributed by atoms with Crippen LogP contribution in [0, 0.1) is 13.8 Å². The molecule has 0 radical (unpaired) electrons. The molecule has 106 valence electrons. The third-order valence-corrected chi connectivity index (χ3v) is 3.30. The van der Waals surface area contributed by atoms with Gasteiger partial charge in [0.05, 0.1) is 14.2 Å². The van der Waals surface area contributed by atoms with Gasteiger partial charge in [0.15, 0.2) is 11.5 Å². The summed E-state index contributed by atoms with van der Waals surface area (Å²) in [4.78, 5) is 0. The molecule has 0 bridgehead atoms. The highest BCUT2D eigenvalue weighted by Gasteiger charge is 2.13. The Morgan fingerprint density at radius 3 is 1.50 bits per heavy atom. The second-order valence-corrected chi connectivity index (χ2v) is 4.69. The molecule has 4 nitrogen and oxygen atoms in total. The summed E-state index contributed by atoms with van der Waals surface area (Å²) in [6.45, 7) is 3.70. The number of aryl methyl sites for hydroxylation is 2. The lowest BCUT2D eigenvalue weighted by atomic mass is 9.99. The summed E-state index contributed by atoms with van der Waals surface area (Å²) in [6, 6.07) is 7.24. The fourth-order valence-electron chi connectivity index (χ4n) is 2.18. The molecule has 0 aliphatic heterocycles. The normalized spacial score (nSPS) is 10.4. The first-order valence-electron chi connectivity index (χ1n) is 6.23. The van der Waals surface area contributed by atoms with Gasteiger partial charge < -0.3 is 19.7 Å². The average Bonchev–Trinajstić information content (AvgIpc) is 2.44. The monoisotopic (exact) mass is 274 g/mol. The van der Waals surface area contributed by atoms with Crippen molar-refractivity contribution in [2.24, 2.45) is 0 Å². The van der Waals surface area contributed by atoms with E-state index in [4.69, 9.17) is 9.47 Å². The van der Waals surface area contributed by atoms with Gasteiger partial charge in [0, 0.05) is 0 Å². The highest BCUT2D eigenvalue weighted by atomic mass is 16.5.